The van der Waals surface area contributed by atoms with E-state index in [1.807, 2.05) is 47.4 Å². The molecule has 26 heavy (non-hydrogen) atoms. The van der Waals surface area contributed by atoms with Crippen LogP contribution in [0.15, 0.2) is 48.5 Å². The number of carbonyl (C=O) groups is 1. The van der Waals surface area contributed by atoms with Gasteiger partial charge in [0.15, 0.2) is 0 Å². The summed E-state index contributed by atoms with van der Waals surface area (Å²) in [5.74, 6) is 1.12. The summed E-state index contributed by atoms with van der Waals surface area (Å²) in [6, 6.07) is 15.3. The molecule has 0 unspecified atom stereocenters. The number of hydrogen-bond donors (Lipinski definition) is 1. The molecular formula is C21H26N2O3. The smallest absolute Gasteiger partial charge is 0.224 e. The van der Waals surface area contributed by atoms with E-state index >= 15 is 0 Å². The minimum absolute atomic E-state index is 0.0599. The maximum atomic E-state index is 12.3. The molecule has 0 radical (unpaired) electrons. The van der Waals surface area contributed by atoms with E-state index in [-0.39, 0.29) is 11.9 Å². The van der Waals surface area contributed by atoms with Gasteiger partial charge in [-0.2, -0.15) is 0 Å². The summed E-state index contributed by atoms with van der Waals surface area (Å²) < 4.78 is 5.30. The molecule has 0 spiro atoms. The van der Waals surface area contributed by atoms with Crippen LogP contribution in [-0.4, -0.2) is 42.2 Å². The fraction of sp³-hybridized carbons (Fsp3) is 0.381. The van der Waals surface area contributed by atoms with Crippen molar-refractivity contribution in [3.63, 3.8) is 0 Å². The summed E-state index contributed by atoms with van der Waals surface area (Å²) in [6.07, 6.45) is 1.85. The van der Waals surface area contributed by atoms with Crippen LogP contribution in [0.1, 0.15) is 25.3 Å². The molecule has 5 heteroatoms. The maximum absolute atomic E-state index is 12.3. The number of carbonyl (C=O) groups excluding carboxylic acids is 1. The first-order valence-corrected chi connectivity index (χ1v) is 9.01. The average Bonchev–Trinajstić information content (AvgIpc) is 2.63. The third kappa shape index (κ3) is 4.35. The maximum Gasteiger partial charge on any atom is 0.224 e. The van der Waals surface area contributed by atoms with Crippen molar-refractivity contribution in [3.05, 3.63) is 54.1 Å². The highest BCUT2D eigenvalue weighted by Crippen LogP contribution is 2.27. The Labute approximate surface area is 154 Å². The van der Waals surface area contributed by atoms with Gasteiger partial charge in [0.05, 0.1) is 7.11 Å². The van der Waals surface area contributed by atoms with Gasteiger partial charge in [-0.15, -0.1) is 0 Å². The second-order valence-electron chi connectivity index (χ2n) is 6.77. The molecule has 0 aliphatic carbocycles. The van der Waals surface area contributed by atoms with Crippen molar-refractivity contribution < 1.29 is 14.6 Å². The lowest BCUT2D eigenvalue weighted by Crippen LogP contribution is -2.46. The molecule has 0 saturated carbocycles. The van der Waals surface area contributed by atoms with Gasteiger partial charge in [0.1, 0.15) is 11.5 Å². The first kappa shape index (κ1) is 18.3. The van der Waals surface area contributed by atoms with Gasteiger partial charge < -0.3 is 14.7 Å². The summed E-state index contributed by atoms with van der Waals surface area (Å²) in [7, 11) is 1.64. The van der Waals surface area contributed by atoms with Crippen LogP contribution >= 0.6 is 0 Å². The average molecular weight is 354 g/mol. The van der Waals surface area contributed by atoms with Crippen molar-refractivity contribution in [3.8, 4) is 11.5 Å². The molecule has 1 heterocycles. The van der Waals surface area contributed by atoms with Gasteiger partial charge in [-0.05, 0) is 42.7 Å². The molecule has 1 fully saturated rings. The SMILES string of the molecule is COc1cccc(N(C(C)=O)C2CCN(Cc3cccc(O)c3)CC2)c1. The quantitative estimate of drug-likeness (QED) is 0.894. The van der Waals surface area contributed by atoms with Crippen molar-refractivity contribution >= 4 is 11.6 Å². The Morgan fingerprint density at radius 1 is 1.19 bits per heavy atom. The minimum atomic E-state index is 0.0599. The van der Waals surface area contributed by atoms with E-state index in [4.69, 9.17) is 4.74 Å². The van der Waals surface area contributed by atoms with Gasteiger partial charge in [-0.1, -0.05) is 18.2 Å². The molecule has 5 nitrogen and oxygen atoms in total. The molecule has 3 rings (SSSR count). The van der Waals surface area contributed by atoms with Crippen molar-refractivity contribution in [1.82, 2.24) is 4.90 Å². The monoisotopic (exact) mass is 354 g/mol. The zero-order valence-electron chi connectivity index (χ0n) is 15.4. The van der Waals surface area contributed by atoms with E-state index in [0.29, 0.717) is 5.75 Å². The topological polar surface area (TPSA) is 53.0 Å². The molecule has 0 atom stereocenters. The van der Waals surface area contributed by atoms with Crippen LogP contribution in [0.4, 0.5) is 5.69 Å². The fourth-order valence-corrected chi connectivity index (χ4v) is 3.66. The zero-order chi connectivity index (χ0) is 18.5. The number of amides is 1. The van der Waals surface area contributed by atoms with Gasteiger partial charge in [-0.25, -0.2) is 0 Å². The zero-order valence-corrected chi connectivity index (χ0v) is 15.4. The molecule has 1 amide bonds. The van der Waals surface area contributed by atoms with Crippen LogP contribution in [0, 0.1) is 0 Å². The Morgan fingerprint density at radius 3 is 2.58 bits per heavy atom. The number of benzene rings is 2. The minimum Gasteiger partial charge on any atom is -0.508 e. The van der Waals surface area contributed by atoms with Crippen molar-refractivity contribution in [2.45, 2.75) is 32.4 Å². The van der Waals surface area contributed by atoms with Gasteiger partial charge in [0.25, 0.3) is 0 Å². The lowest BCUT2D eigenvalue weighted by molar-refractivity contribution is -0.117. The van der Waals surface area contributed by atoms with Gasteiger partial charge in [0, 0.05) is 44.4 Å². The Bertz CT molecular complexity index is 754. The highest BCUT2D eigenvalue weighted by molar-refractivity contribution is 5.92. The summed E-state index contributed by atoms with van der Waals surface area (Å²) in [5, 5.41) is 9.61. The van der Waals surface area contributed by atoms with E-state index < -0.39 is 0 Å². The summed E-state index contributed by atoms with van der Waals surface area (Å²) >= 11 is 0. The molecule has 2 aromatic carbocycles. The van der Waals surface area contributed by atoms with Gasteiger partial charge in [0.2, 0.25) is 5.91 Å². The first-order valence-electron chi connectivity index (χ1n) is 9.01. The van der Waals surface area contributed by atoms with Gasteiger partial charge >= 0.3 is 0 Å². The predicted octanol–water partition coefficient (Wildman–Crippen LogP) is 3.42. The Balaban J connectivity index is 1.65. The van der Waals surface area contributed by atoms with E-state index in [2.05, 4.69) is 4.90 Å². The van der Waals surface area contributed by atoms with E-state index in [0.717, 1.165) is 49.5 Å². The van der Waals surface area contributed by atoms with Crippen LogP contribution in [0.2, 0.25) is 0 Å². The molecular weight excluding hydrogens is 328 g/mol. The first-order chi connectivity index (χ1) is 12.6. The number of methoxy groups -OCH3 is 1. The lowest BCUT2D eigenvalue weighted by Gasteiger charge is -2.38. The van der Waals surface area contributed by atoms with Crippen LogP contribution < -0.4 is 9.64 Å². The number of ether oxygens (including phenoxy) is 1. The van der Waals surface area contributed by atoms with Crippen LogP contribution in [0.25, 0.3) is 0 Å². The molecule has 0 aromatic heterocycles. The molecule has 1 saturated heterocycles. The Morgan fingerprint density at radius 2 is 1.92 bits per heavy atom. The number of nitrogens with zero attached hydrogens (tertiary/aromatic N) is 2. The molecule has 1 N–H and O–H groups in total. The highest BCUT2D eigenvalue weighted by Gasteiger charge is 2.27. The van der Waals surface area contributed by atoms with Crippen molar-refractivity contribution in [1.29, 1.82) is 0 Å². The summed E-state index contributed by atoms with van der Waals surface area (Å²) in [4.78, 5) is 16.6. The van der Waals surface area contributed by atoms with E-state index in [1.165, 1.54) is 0 Å². The summed E-state index contributed by atoms with van der Waals surface area (Å²) in [6.45, 7) is 4.29. The van der Waals surface area contributed by atoms with Gasteiger partial charge in [-0.3, -0.25) is 9.69 Å². The molecule has 0 bridgehead atoms. The largest absolute Gasteiger partial charge is 0.508 e. The number of phenolic OH excluding ortho intramolecular Hbond substituents is 1. The number of rotatable bonds is 5. The number of aromatic hydroxyl groups is 1. The molecule has 1 aliphatic heterocycles. The molecule has 2 aromatic rings. The third-order valence-electron chi connectivity index (χ3n) is 4.91. The predicted molar refractivity (Wildman–Crippen MR) is 103 cm³/mol. The number of hydrogen-bond acceptors (Lipinski definition) is 4. The highest BCUT2D eigenvalue weighted by atomic mass is 16.5. The Hall–Kier alpha value is -2.53. The number of likely N-dealkylation sites (tertiary alicyclic amines) is 1. The van der Waals surface area contributed by atoms with E-state index in [9.17, 15) is 9.90 Å². The number of phenols is 1. The molecule has 138 valence electrons. The van der Waals surface area contributed by atoms with E-state index in [1.54, 1.807) is 20.1 Å². The standard InChI is InChI=1S/C21H26N2O3/c1-16(24)23(19-6-4-8-21(14-19)26-2)18-9-11-22(12-10-18)15-17-5-3-7-20(25)13-17/h3-8,13-14,18,25H,9-12,15H2,1-2H3. The fourth-order valence-electron chi connectivity index (χ4n) is 3.66. The van der Waals surface area contributed by atoms with Crippen LogP contribution in [0.5, 0.6) is 11.5 Å². The number of piperidine rings is 1. The van der Waals surface area contributed by atoms with Crippen molar-refractivity contribution in [2.24, 2.45) is 0 Å². The lowest BCUT2D eigenvalue weighted by atomic mass is 10.0. The van der Waals surface area contributed by atoms with Crippen molar-refractivity contribution in [2.75, 3.05) is 25.1 Å². The normalized spacial score (nSPS) is 15.6. The summed E-state index contributed by atoms with van der Waals surface area (Å²) in [5.41, 5.74) is 2.00. The Kier molecular flexibility index (Phi) is 5.78. The van der Waals surface area contributed by atoms with Crippen LogP contribution in [-0.2, 0) is 11.3 Å². The second kappa shape index (κ2) is 8.23. The third-order valence-corrected chi connectivity index (χ3v) is 4.91. The van der Waals surface area contributed by atoms with Crippen LogP contribution in [0.3, 0.4) is 0 Å². The number of anilines is 1. The molecule has 1 aliphatic rings. The second-order valence-corrected chi connectivity index (χ2v) is 6.77.